The number of ketones is 1. The van der Waals surface area contributed by atoms with Gasteiger partial charge in [-0.2, -0.15) is 4.72 Å². The zero-order chi connectivity index (χ0) is 19.2. The van der Waals surface area contributed by atoms with Crippen LogP contribution in [-0.4, -0.2) is 35.0 Å². The molecule has 2 aromatic rings. The van der Waals surface area contributed by atoms with Crippen LogP contribution in [0.3, 0.4) is 0 Å². The molecule has 0 spiro atoms. The number of methoxy groups -OCH3 is 2. The molecule has 0 radical (unpaired) electrons. The minimum atomic E-state index is -3.72. The van der Waals surface area contributed by atoms with Gasteiger partial charge in [-0.05, 0) is 31.2 Å². The van der Waals surface area contributed by atoms with Gasteiger partial charge in [0.25, 0.3) is 0 Å². The summed E-state index contributed by atoms with van der Waals surface area (Å²) in [5.41, 5.74) is 1.30. The van der Waals surface area contributed by atoms with Gasteiger partial charge >= 0.3 is 0 Å². The van der Waals surface area contributed by atoms with Gasteiger partial charge in [0.05, 0.1) is 25.7 Å². The maximum Gasteiger partial charge on any atom is 0.241 e. The molecule has 0 aromatic heterocycles. The largest absolute Gasteiger partial charge is 0.493 e. The molecule has 0 bridgehead atoms. The Morgan fingerprint density at radius 3 is 2.27 bits per heavy atom. The van der Waals surface area contributed by atoms with Crippen molar-refractivity contribution < 1.29 is 22.7 Å². The minimum absolute atomic E-state index is 0.0211. The zero-order valence-corrected chi connectivity index (χ0v) is 15.5. The van der Waals surface area contributed by atoms with E-state index < -0.39 is 10.0 Å². The second kappa shape index (κ2) is 8.52. The number of ether oxygens (including phenoxy) is 2. The molecule has 2 rings (SSSR count). The van der Waals surface area contributed by atoms with Gasteiger partial charge in [0.15, 0.2) is 17.3 Å². The Kier molecular flexibility index (Phi) is 6.39. The fourth-order valence-electron chi connectivity index (χ4n) is 2.13. The quantitative estimate of drug-likeness (QED) is 0.620. The van der Waals surface area contributed by atoms with Crippen LogP contribution in [0.15, 0.2) is 47.4 Å². The maximum absolute atomic E-state index is 12.3. The van der Waals surface area contributed by atoms with Gasteiger partial charge in [-0.1, -0.05) is 24.0 Å². The first-order valence-corrected chi connectivity index (χ1v) is 9.17. The first-order valence-electron chi connectivity index (χ1n) is 7.69. The number of nitrogens with one attached hydrogen (secondary N) is 1. The predicted octanol–water partition coefficient (Wildman–Crippen LogP) is 2.24. The van der Waals surface area contributed by atoms with E-state index in [1.165, 1.54) is 39.3 Å². The number of carbonyl (C=O) groups excluding carboxylic acids is 1. The second-order valence-corrected chi connectivity index (χ2v) is 7.04. The van der Waals surface area contributed by atoms with Crippen LogP contribution in [0.5, 0.6) is 11.5 Å². The highest BCUT2D eigenvalue weighted by Gasteiger charge is 2.16. The van der Waals surface area contributed by atoms with Crippen LogP contribution in [0.1, 0.15) is 22.8 Å². The third kappa shape index (κ3) is 4.85. The van der Waals surface area contributed by atoms with E-state index in [0.717, 1.165) is 0 Å². The van der Waals surface area contributed by atoms with Crippen molar-refractivity contribution in [1.29, 1.82) is 0 Å². The SMILES string of the molecule is COc1ccc(S(=O)(=O)NCC#Cc2ccc(C(C)=O)cc2)cc1OC. The molecule has 6 nitrogen and oxygen atoms in total. The molecule has 0 aliphatic carbocycles. The lowest BCUT2D eigenvalue weighted by molar-refractivity contribution is 0.101. The summed E-state index contributed by atoms with van der Waals surface area (Å²) in [6.45, 7) is 1.44. The standard InChI is InChI=1S/C19H19NO5S/c1-14(21)16-8-6-15(7-9-16)5-4-12-20-26(22,23)17-10-11-18(24-2)19(13-17)25-3/h6-11,13,20H,12H2,1-3H3. The molecule has 0 amide bonds. The number of benzene rings is 2. The molecule has 7 heteroatoms. The molecular weight excluding hydrogens is 354 g/mol. The summed E-state index contributed by atoms with van der Waals surface area (Å²) in [7, 11) is -0.813. The van der Waals surface area contributed by atoms with E-state index in [2.05, 4.69) is 16.6 Å². The van der Waals surface area contributed by atoms with Gasteiger partial charge in [-0.15, -0.1) is 0 Å². The average Bonchev–Trinajstić information content (AvgIpc) is 2.65. The molecule has 136 valence electrons. The van der Waals surface area contributed by atoms with E-state index in [9.17, 15) is 13.2 Å². The van der Waals surface area contributed by atoms with Crippen LogP contribution in [0.2, 0.25) is 0 Å². The van der Waals surface area contributed by atoms with Gasteiger partial charge in [0.2, 0.25) is 10.0 Å². The van der Waals surface area contributed by atoms with E-state index in [4.69, 9.17) is 9.47 Å². The topological polar surface area (TPSA) is 81.7 Å². The first-order chi connectivity index (χ1) is 12.4. The number of hydrogen-bond donors (Lipinski definition) is 1. The molecule has 0 unspecified atom stereocenters. The summed E-state index contributed by atoms with van der Waals surface area (Å²) in [4.78, 5) is 11.3. The lowest BCUT2D eigenvalue weighted by Gasteiger charge is -2.10. The Bertz CT molecular complexity index is 954. The maximum atomic E-state index is 12.3. The second-order valence-electron chi connectivity index (χ2n) is 5.28. The van der Waals surface area contributed by atoms with Crippen LogP contribution in [0.25, 0.3) is 0 Å². The van der Waals surface area contributed by atoms with Crippen molar-refractivity contribution in [3.05, 3.63) is 53.6 Å². The summed E-state index contributed by atoms with van der Waals surface area (Å²) < 4.78 is 37.3. The number of carbonyl (C=O) groups is 1. The van der Waals surface area contributed by atoms with Crippen LogP contribution in [0, 0.1) is 11.8 Å². The molecule has 0 atom stereocenters. The zero-order valence-electron chi connectivity index (χ0n) is 14.7. The summed E-state index contributed by atoms with van der Waals surface area (Å²) in [6, 6.07) is 11.1. The number of sulfonamides is 1. The van der Waals surface area contributed by atoms with Gasteiger partial charge in [0.1, 0.15) is 0 Å². The minimum Gasteiger partial charge on any atom is -0.493 e. The number of rotatable bonds is 6. The van der Waals surface area contributed by atoms with Crippen molar-refractivity contribution >= 4 is 15.8 Å². The highest BCUT2D eigenvalue weighted by Crippen LogP contribution is 2.29. The van der Waals surface area contributed by atoms with Gasteiger partial charge < -0.3 is 9.47 Å². The first kappa shape index (κ1) is 19.5. The summed E-state index contributed by atoms with van der Waals surface area (Å²) in [6.07, 6.45) is 0. The Balaban J connectivity index is 2.06. The smallest absolute Gasteiger partial charge is 0.241 e. The van der Waals surface area contributed by atoms with Gasteiger partial charge in [-0.3, -0.25) is 4.79 Å². The molecule has 2 aromatic carbocycles. The predicted molar refractivity (Wildman–Crippen MR) is 98.1 cm³/mol. The molecule has 0 saturated carbocycles. The monoisotopic (exact) mass is 373 g/mol. The summed E-state index contributed by atoms with van der Waals surface area (Å²) in [5, 5.41) is 0. The van der Waals surface area contributed by atoms with E-state index >= 15 is 0 Å². The molecule has 0 saturated heterocycles. The van der Waals surface area contributed by atoms with Gasteiger partial charge in [-0.25, -0.2) is 8.42 Å². The van der Waals surface area contributed by atoms with Crippen molar-refractivity contribution in [2.45, 2.75) is 11.8 Å². The highest BCUT2D eigenvalue weighted by atomic mass is 32.2. The molecule has 0 heterocycles. The third-order valence-corrected chi connectivity index (χ3v) is 4.94. The molecule has 26 heavy (non-hydrogen) atoms. The Labute approximate surface area is 153 Å². The van der Waals surface area contributed by atoms with E-state index in [-0.39, 0.29) is 17.2 Å². The third-order valence-electron chi connectivity index (χ3n) is 3.54. The molecule has 0 fully saturated rings. The number of Topliss-reactive ketones (excluding diaryl/α,β-unsaturated/α-hetero) is 1. The van der Waals surface area contributed by atoms with E-state index in [1.807, 2.05) is 0 Å². The fourth-order valence-corrected chi connectivity index (χ4v) is 3.07. The summed E-state index contributed by atoms with van der Waals surface area (Å²) in [5.74, 6) is 6.34. The van der Waals surface area contributed by atoms with Crippen molar-refractivity contribution in [2.24, 2.45) is 0 Å². The molecular formula is C19H19NO5S. The van der Waals surface area contributed by atoms with Crippen molar-refractivity contribution in [3.63, 3.8) is 0 Å². The van der Waals surface area contributed by atoms with Crippen molar-refractivity contribution in [2.75, 3.05) is 20.8 Å². The normalized spacial score (nSPS) is 10.6. The van der Waals surface area contributed by atoms with E-state index in [0.29, 0.717) is 22.6 Å². The highest BCUT2D eigenvalue weighted by molar-refractivity contribution is 7.89. The lowest BCUT2D eigenvalue weighted by atomic mass is 10.1. The van der Waals surface area contributed by atoms with Crippen LogP contribution in [0.4, 0.5) is 0 Å². The molecule has 1 N–H and O–H groups in total. The van der Waals surface area contributed by atoms with Crippen LogP contribution < -0.4 is 14.2 Å². The lowest BCUT2D eigenvalue weighted by Crippen LogP contribution is -2.24. The van der Waals surface area contributed by atoms with Crippen molar-refractivity contribution in [3.8, 4) is 23.3 Å². The fraction of sp³-hybridized carbons (Fsp3) is 0.211. The molecule has 0 aliphatic heterocycles. The van der Waals surface area contributed by atoms with Crippen LogP contribution >= 0.6 is 0 Å². The molecule has 0 aliphatic rings. The average molecular weight is 373 g/mol. The Hall–Kier alpha value is -2.82. The van der Waals surface area contributed by atoms with Gasteiger partial charge in [0, 0.05) is 17.2 Å². The number of hydrogen-bond acceptors (Lipinski definition) is 5. The Morgan fingerprint density at radius 2 is 1.69 bits per heavy atom. The summed E-state index contributed by atoms with van der Waals surface area (Å²) >= 11 is 0. The van der Waals surface area contributed by atoms with Crippen LogP contribution in [-0.2, 0) is 10.0 Å². The van der Waals surface area contributed by atoms with E-state index in [1.54, 1.807) is 24.3 Å². The Morgan fingerprint density at radius 1 is 1.04 bits per heavy atom. The van der Waals surface area contributed by atoms with Crippen molar-refractivity contribution in [1.82, 2.24) is 4.72 Å².